The Morgan fingerprint density at radius 2 is 1.48 bits per heavy atom. The first-order valence-corrected chi connectivity index (χ1v) is 8.09. The third-order valence-electron chi connectivity index (χ3n) is 4.52. The lowest BCUT2D eigenvalue weighted by molar-refractivity contribution is 0.122. The van der Waals surface area contributed by atoms with Crippen molar-refractivity contribution in [1.82, 2.24) is 10.2 Å². The molecule has 0 aliphatic carbocycles. The molecule has 4 aromatic rings. The fourth-order valence-electron chi connectivity index (χ4n) is 3.20. The van der Waals surface area contributed by atoms with Gasteiger partial charge in [0.1, 0.15) is 5.75 Å². The fraction of sp³-hybridized carbons (Fsp3) is 0.0952. The van der Waals surface area contributed by atoms with Crippen molar-refractivity contribution in [1.29, 1.82) is 0 Å². The second-order valence-electron chi connectivity index (χ2n) is 5.92. The molecule has 3 aromatic carbocycles. The molecule has 0 radical (unpaired) electrons. The fourth-order valence-corrected chi connectivity index (χ4v) is 3.20. The van der Waals surface area contributed by atoms with Gasteiger partial charge in [-0.05, 0) is 29.3 Å². The number of aromatic amines is 1. The van der Waals surface area contributed by atoms with Gasteiger partial charge >= 0.3 is 0 Å². The van der Waals surface area contributed by atoms with Crippen molar-refractivity contribution < 1.29 is 9.84 Å². The molecule has 0 saturated carbocycles. The molecule has 4 nitrogen and oxygen atoms in total. The highest BCUT2D eigenvalue weighted by atomic mass is 16.5. The zero-order valence-corrected chi connectivity index (χ0v) is 13.8. The number of nitrogens with one attached hydrogen (secondary N) is 1. The maximum absolute atomic E-state index is 11.9. The van der Waals surface area contributed by atoms with E-state index in [4.69, 9.17) is 4.74 Å². The number of para-hydroxylation sites is 1. The van der Waals surface area contributed by atoms with E-state index in [1.165, 1.54) is 0 Å². The Balaban J connectivity index is 1.98. The van der Waals surface area contributed by atoms with Crippen LogP contribution in [0, 0.1) is 0 Å². The molecule has 0 spiro atoms. The number of ether oxygens (including phenoxy) is 1. The zero-order chi connectivity index (χ0) is 17.3. The molecule has 124 valence electrons. The Bertz CT molecular complexity index is 993. The van der Waals surface area contributed by atoms with Crippen LogP contribution in [0.2, 0.25) is 0 Å². The van der Waals surface area contributed by atoms with Gasteiger partial charge in [0.15, 0.2) is 5.60 Å². The van der Waals surface area contributed by atoms with Crippen LogP contribution in [-0.4, -0.2) is 22.4 Å². The molecule has 2 N–H and O–H groups in total. The molecule has 0 bridgehead atoms. The van der Waals surface area contributed by atoms with Gasteiger partial charge in [-0.15, -0.1) is 0 Å². The van der Waals surface area contributed by atoms with E-state index in [2.05, 4.69) is 10.2 Å². The molecule has 25 heavy (non-hydrogen) atoms. The Labute approximate surface area is 145 Å². The first-order chi connectivity index (χ1) is 12.2. The summed E-state index contributed by atoms with van der Waals surface area (Å²) < 4.78 is 5.25. The number of methoxy groups -OCH3 is 1. The van der Waals surface area contributed by atoms with Gasteiger partial charge < -0.3 is 9.84 Å². The van der Waals surface area contributed by atoms with Gasteiger partial charge in [0.2, 0.25) is 0 Å². The summed E-state index contributed by atoms with van der Waals surface area (Å²) in [6.45, 7) is 0. The van der Waals surface area contributed by atoms with Crippen molar-refractivity contribution in [2.75, 3.05) is 7.11 Å². The quantitative estimate of drug-likeness (QED) is 0.597. The maximum Gasteiger partial charge on any atom is 0.157 e. The van der Waals surface area contributed by atoms with Gasteiger partial charge in [0, 0.05) is 5.39 Å². The average Bonchev–Trinajstić information content (AvgIpc) is 3.13. The van der Waals surface area contributed by atoms with Crippen molar-refractivity contribution >= 4 is 10.9 Å². The van der Waals surface area contributed by atoms with E-state index in [0.717, 1.165) is 27.8 Å². The maximum atomic E-state index is 11.9. The van der Waals surface area contributed by atoms with Gasteiger partial charge in [0.25, 0.3) is 0 Å². The molecule has 0 aliphatic rings. The molecular formula is C21H18N2O2. The predicted octanol–water partition coefficient (Wildman–Crippen LogP) is 3.86. The lowest BCUT2D eigenvalue weighted by Crippen LogP contribution is -2.29. The summed E-state index contributed by atoms with van der Waals surface area (Å²) in [5, 5.41) is 20.2. The summed E-state index contributed by atoms with van der Waals surface area (Å²) in [5.41, 5.74) is 1.65. The van der Waals surface area contributed by atoms with E-state index < -0.39 is 5.60 Å². The third-order valence-corrected chi connectivity index (χ3v) is 4.52. The molecule has 1 unspecified atom stereocenters. The summed E-state index contributed by atoms with van der Waals surface area (Å²) in [4.78, 5) is 0. The topological polar surface area (TPSA) is 58.1 Å². The Kier molecular flexibility index (Phi) is 3.75. The number of hydrogen-bond donors (Lipinski definition) is 2. The van der Waals surface area contributed by atoms with Crippen molar-refractivity contribution in [3.63, 3.8) is 0 Å². The van der Waals surface area contributed by atoms with Crippen LogP contribution in [-0.2, 0) is 5.60 Å². The SMILES string of the molecule is COc1ccc(C(O)(c2ccccc2)c2[nH]nc3ccccc23)cc1. The second-order valence-corrected chi connectivity index (χ2v) is 5.92. The van der Waals surface area contributed by atoms with E-state index in [-0.39, 0.29) is 0 Å². The molecule has 1 heterocycles. The molecule has 1 atom stereocenters. The number of aromatic nitrogens is 2. The minimum Gasteiger partial charge on any atom is -0.497 e. The summed E-state index contributed by atoms with van der Waals surface area (Å²) >= 11 is 0. The van der Waals surface area contributed by atoms with Crippen LogP contribution in [0.3, 0.4) is 0 Å². The highest BCUT2D eigenvalue weighted by Crippen LogP contribution is 2.39. The van der Waals surface area contributed by atoms with E-state index in [1.807, 2.05) is 78.9 Å². The number of H-pyrrole nitrogens is 1. The number of fused-ring (bicyclic) bond motifs is 1. The molecule has 0 aliphatic heterocycles. The minimum atomic E-state index is -1.34. The smallest absolute Gasteiger partial charge is 0.157 e. The van der Waals surface area contributed by atoms with Crippen LogP contribution >= 0.6 is 0 Å². The number of rotatable bonds is 4. The number of nitrogens with zero attached hydrogens (tertiary/aromatic N) is 1. The van der Waals surface area contributed by atoms with Crippen LogP contribution in [0.25, 0.3) is 10.9 Å². The number of benzene rings is 3. The van der Waals surface area contributed by atoms with E-state index in [1.54, 1.807) is 7.11 Å². The van der Waals surface area contributed by atoms with Gasteiger partial charge in [-0.2, -0.15) is 5.10 Å². The highest BCUT2D eigenvalue weighted by Gasteiger charge is 2.37. The normalized spacial score (nSPS) is 13.5. The van der Waals surface area contributed by atoms with Crippen molar-refractivity contribution in [3.05, 3.63) is 95.7 Å². The average molecular weight is 330 g/mol. The molecule has 4 heteroatoms. The van der Waals surface area contributed by atoms with Crippen molar-refractivity contribution in [2.24, 2.45) is 0 Å². The van der Waals surface area contributed by atoms with Crippen LogP contribution in [0.1, 0.15) is 16.8 Å². The molecule has 0 amide bonds. The standard InChI is InChI=1S/C21H18N2O2/c1-25-17-13-11-16(12-14-17)21(24,15-7-3-2-4-8-15)20-18-9-5-6-10-19(18)22-23-20/h2-14,24H,1H3,(H,22,23). The molecular weight excluding hydrogens is 312 g/mol. The minimum absolute atomic E-state index is 0.652. The van der Waals surface area contributed by atoms with Gasteiger partial charge in [-0.25, -0.2) is 0 Å². The first-order valence-electron chi connectivity index (χ1n) is 8.09. The lowest BCUT2D eigenvalue weighted by Gasteiger charge is -2.29. The monoisotopic (exact) mass is 330 g/mol. The van der Waals surface area contributed by atoms with Crippen LogP contribution < -0.4 is 4.74 Å². The van der Waals surface area contributed by atoms with Gasteiger partial charge in [-0.1, -0.05) is 60.7 Å². The van der Waals surface area contributed by atoms with Crippen LogP contribution in [0.4, 0.5) is 0 Å². The molecule has 0 saturated heterocycles. The van der Waals surface area contributed by atoms with Gasteiger partial charge in [-0.3, -0.25) is 5.10 Å². The molecule has 4 rings (SSSR count). The summed E-state index contributed by atoms with van der Waals surface area (Å²) in [6, 6.07) is 24.8. The second kappa shape index (κ2) is 6.07. The Morgan fingerprint density at radius 1 is 0.840 bits per heavy atom. The summed E-state index contributed by atoms with van der Waals surface area (Å²) in [7, 11) is 1.63. The highest BCUT2D eigenvalue weighted by molar-refractivity contribution is 5.83. The largest absolute Gasteiger partial charge is 0.497 e. The lowest BCUT2D eigenvalue weighted by atomic mass is 9.82. The number of aliphatic hydroxyl groups is 1. The summed E-state index contributed by atoms with van der Waals surface area (Å²) in [6.07, 6.45) is 0. The van der Waals surface area contributed by atoms with E-state index in [9.17, 15) is 5.11 Å². The van der Waals surface area contributed by atoms with E-state index >= 15 is 0 Å². The third kappa shape index (κ3) is 2.47. The van der Waals surface area contributed by atoms with Crippen LogP contribution in [0.15, 0.2) is 78.9 Å². The molecule has 1 aromatic heterocycles. The van der Waals surface area contributed by atoms with Crippen molar-refractivity contribution in [3.8, 4) is 5.75 Å². The van der Waals surface area contributed by atoms with Crippen LogP contribution in [0.5, 0.6) is 5.75 Å². The molecule has 0 fully saturated rings. The van der Waals surface area contributed by atoms with Gasteiger partial charge in [0.05, 0.1) is 18.3 Å². The zero-order valence-electron chi connectivity index (χ0n) is 13.8. The Morgan fingerprint density at radius 3 is 2.20 bits per heavy atom. The number of hydrogen-bond acceptors (Lipinski definition) is 3. The Hall–Kier alpha value is -3.11. The summed E-state index contributed by atoms with van der Waals surface area (Å²) in [5.74, 6) is 0.744. The first kappa shape index (κ1) is 15.4. The van der Waals surface area contributed by atoms with Crippen molar-refractivity contribution in [2.45, 2.75) is 5.60 Å². The van der Waals surface area contributed by atoms with E-state index in [0.29, 0.717) is 5.69 Å². The predicted molar refractivity (Wildman–Crippen MR) is 97.6 cm³/mol.